The molecule has 0 unspecified atom stereocenters. The van der Waals surface area contributed by atoms with Crippen molar-refractivity contribution in [3.05, 3.63) is 11.6 Å². The number of allylic oxidation sites excluding steroid dienone is 1. The van der Waals surface area contributed by atoms with Gasteiger partial charge in [-0.25, -0.2) is 0 Å². The molecule has 0 amide bonds. The second-order valence-electron chi connectivity index (χ2n) is 8.96. The Balaban J connectivity index is 1.65. The molecular formula is C22H39O7P. The first-order valence-corrected chi connectivity index (χ1v) is 12.9. The van der Waals surface area contributed by atoms with E-state index in [0.29, 0.717) is 19.8 Å². The quantitative estimate of drug-likeness (QED) is 0.251. The fourth-order valence-electron chi connectivity index (χ4n) is 5.00. The summed E-state index contributed by atoms with van der Waals surface area (Å²) in [6, 6.07) is 0. The first kappa shape index (κ1) is 24.4. The number of methoxy groups -OCH3 is 1. The molecule has 3 rings (SSSR count). The molecule has 2 saturated heterocycles. The summed E-state index contributed by atoms with van der Waals surface area (Å²) in [6.45, 7) is 11.8. The maximum Gasteiger partial charge on any atom is 0.332 e. The van der Waals surface area contributed by atoms with Crippen LogP contribution in [0.25, 0.3) is 0 Å². The van der Waals surface area contributed by atoms with Gasteiger partial charge in [0.05, 0.1) is 62.4 Å². The van der Waals surface area contributed by atoms with Gasteiger partial charge in [-0.3, -0.25) is 4.57 Å². The van der Waals surface area contributed by atoms with Gasteiger partial charge in [0.1, 0.15) is 5.60 Å². The zero-order chi connectivity index (χ0) is 22.0. The van der Waals surface area contributed by atoms with Crippen LogP contribution in [-0.4, -0.2) is 69.2 Å². The number of rotatable bonds is 12. The molecule has 0 aromatic rings. The lowest BCUT2D eigenvalue weighted by atomic mass is 9.68. The highest BCUT2D eigenvalue weighted by molar-refractivity contribution is 7.53. The minimum Gasteiger partial charge on any atom is -0.378 e. The van der Waals surface area contributed by atoms with Crippen LogP contribution in [0.1, 0.15) is 53.9 Å². The predicted molar refractivity (Wildman–Crippen MR) is 115 cm³/mol. The van der Waals surface area contributed by atoms with E-state index >= 15 is 0 Å². The Morgan fingerprint density at radius 2 is 1.90 bits per heavy atom. The summed E-state index contributed by atoms with van der Waals surface area (Å²) < 4.78 is 47.9. The molecule has 0 N–H and O–H groups in total. The monoisotopic (exact) mass is 446 g/mol. The predicted octanol–water partition coefficient (Wildman–Crippen LogP) is 4.35. The Morgan fingerprint density at radius 3 is 2.43 bits per heavy atom. The molecule has 1 aliphatic carbocycles. The lowest BCUT2D eigenvalue weighted by Gasteiger charge is -2.43. The molecule has 6 atom stereocenters. The summed E-state index contributed by atoms with van der Waals surface area (Å²) in [5, 5.41) is 0. The first-order valence-electron chi connectivity index (χ1n) is 11.2. The minimum atomic E-state index is -3.11. The summed E-state index contributed by atoms with van der Waals surface area (Å²) in [7, 11) is -1.38. The van der Waals surface area contributed by atoms with Crippen molar-refractivity contribution in [2.45, 2.75) is 83.4 Å². The number of hydrogen-bond donors (Lipinski definition) is 0. The normalized spacial score (nSPS) is 37.9. The lowest BCUT2D eigenvalue weighted by Crippen LogP contribution is -2.55. The van der Waals surface area contributed by atoms with Gasteiger partial charge in [0.15, 0.2) is 0 Å². The molecule has 1 saturated carbocycles. The van der Waals surface area contributed by atoms with Crippen LogP contribution in [0.5, 0.6) is 0 Å². The molecule has 30 heavy (non-hydrogen) atoms. The van der Waals surface area contributed by atoms with Gasteiger partial charge in [-0.15, -0.1) is 0 Å². The average molecular weight is 447 g/mol. The van der Waals surface area contributed by atoms with Crippen molar-refractivity contribution in [1.82, 2.24) is 0 Å². The molecule has 3 fully saturated rings. The summed E-state index contributed by atoms with van der Waals surface area (Å²) in [4.78, 5) is 0. The molecule has 0 aromatic heterocycles. The van der Waals surface area contributed by atoms with Gasteiger partial charge in [-0.2, -0.15) is 0 Å². The Bertz CT molecular complexity index is 648. The van der Waals surface area contributed by atoms with Crippen LogP contribution in [0.2, 0.25) is 0 Å². The van der Waals surface area contributed by atoms with Gasteiger partial charge >= 0.3 is 7.60 Å². The molecule has 2 aliphatic heterocycles. The van der Waals surface area contributed by atoms with Crippen LogP contribution in [-0.2, 0) is 32.6 Å². The van der Waals surface area contributed by atoms with E-state index in [2.05, 4.69) is 26.8 Å². The Hall–Kier alpha value is -0.270. The molecule has 8 heteroatoms. The smallest absolute Gasteiger partial charge is 0.332 e. The molecule has 3 aliphatic rings. The Morgan fingerprint density at radius 1 is 1.23 bits per heavy atom. The van der Waals surface area contributed by atoms with E-state index in [1.807, 2.05) is 13.8 Å². The highest BCUT2D eigenvalue weighted by Crippen LogP contribution is 2.59. The number of epoxide rings is 2. The van der Waals surface area contributed by atoms with Gasteiger partial charge in [-0.1, -0.05) is 11.6 Å². The van der Waals surface area contributed by atoms with Crippen LogP contribution in [0.3, 0.4) is 0 Å². The van der Waals surface area contributed by atoms with Crippen molar-refractivity contribution in [3.63, 3.8) is 0 Å². The first-order chi connectivity index (χ1) is 14.2. The minimum absolute atomic E-state index is 0.100. The van der Waals surface area contributed by atoms with Crippen LogP contribution in [0, 0.1) is 5.92 Å². The van der Waals surface area contributed by atoms with E-state index in [1.165, 1.54) is 5.57 Å². The van der Waals surface area contributed by atoms with Crippen molar-refractivity contribution < 1.29 is 32.6 Å². The van der Waals surface area contributed by atoms with Gasteiger partial charge in [0, 0.05) is 7.11 Å². The molecule has 0 radical (unpaired) electrons. The van der Waals surface area contributed by atoms with Crippen molar-refractivity contribution in [1.29, 1.82) is 0 Å². The molecule has 7 nitrogen and oxygen atoms in total. The zero-order valence-corrected chi connectivity index (χ0v) is 20.2. The van der Waals surface area contributed by atoms with E-state index in [-0.39, 0.29) is 41.6 Å². The summed E-state index contributed by atoms with van der Waals surface area (Å²) >= 11 is 0. The van der Waals surface area contributed by atoms with Gasteiger partial charge in [0.25, 0.3) is 0 Å². The molecule has 0 bridgehead atoms. The third-order valence-electron chi connectivity index (χ3n) is 6.59. The SMILES string of the molecule is CCOP(=O)(CCO[C@@H]1CC[C@]2(CO2)[C@@H]([C@@]2(C)O[C@@H]2CC=C(C)C)[C@@H]1OC)OCC. The number of hydrogen-bond acceptors (Lipinski definition) is 7. The Kier molecular flexibility index (Phi) is 7.88. The highest BCUT2D eigenvalue weighted by Gasteiger charge is 2.71. The molecule has 1 spiro atoms. The average Bonchev–Trinajstić information content (AvgIpc) is 3.59. The molecule has 174 valence electrons. The van der Waals surface area contributed by atoms with E-state index in [1.54, 1.807) is 7.11 Å². The van der Waals surface area contributed by atoms with Crippen molar-refractivity contribution in [2.24, 2.45) is 5.92 Å². The lowest BCUT2D eigenvalue weighted by molar-refractivity contribution is -0.136. The van der Waals surface area contributed by atoms with Crippen LogP contribution < -0.4 is 0 Å². The van der Waals surface area contributed by atoms with Crippen LogP contribution in [0.15, 0.2) is 11.6 Å². The fraction of sp³-hybridized carbons (Fsp3) is 0.909. The third kappa shape index (κ3) is 5.20. The highest BCUT2D eigenvalue weighted by atomic mass is 31.2. The Labute approximate surface area is 181 Å². The van der Waals surface area contributed by atoms with Gasteiger partial charge in [0.2, 0.25) is 0 Å². The summed E-state index contributed by atoms with van der Waals surface area (Å²) in [6.07, 6.45) is 5.07. The van der Waals surface area contributed by atoms with Crippen LogP contribution >= 0.6 is 7.60 Å². The molecular weight excluding hydrogens is 407 g/mol. The summed E-state index contributed by atoms with van der Waals surface area (Å²) in [5.74, 6) is 0.106. The van der Waals surface area contributed by atoms with Crippen molar-refractivity contribution >= 4 is 7.60 Å². The molecule has 2 heterocycles. The van der Waals surface area contributed by atoms with Crippen LogP contribution in [0.4, 0.5) is 0 Å². The van der Waals surface area contributed by atoms with E-state index in [4.69, 9.17) is 28.0 Å². The summed E-state index contributed by atoms with van der Waals surface area (Å²) in [5.41, 5.74) is 0.851. The van der Waals surface area contributed by atoms with E-state index in [9.17, 15) is 4.57 Å². The standard InChI is InChI=1S/C22H39O7P/c1-7-27-30(23,28-8-2)14-13-25-17-11-12-22(15-26-22)20(19(17)24-6)21(5)18(29-21)10-9-16(3)4/h9,17-20H,7-8,10-15H2,1-6H3/t17-,18-,19-,20-,21+,22+/m1/s1. The molecule has 0 aromatic carbocycles. The van der Waals surface area contributed by atoms with Crippen molar-refractivity contribution in [3.8, 4) is 0 Å². The second-order valence-corrected chi connectivity index (χ2v) is 11.1. The largest absolute Gasteiger partial charge is 0.378 e. The number of ether oxygens (including phenoxy) is 4. The van der Waals surface area contributed by atoms with Gasteiger partial charge in [-0.05, 0) is 53.9 Å². The van der Waals surface area contributed by atoms with E-state index in [0.717, 1.165) is 25.9 Å². The third-order valence-corrected chi connectivity index (χ3v) is 8.62. The van der Waals surface area contributed by atoms with Gasteiger partial charge < -0.3 is 28.0 Å². The zero-order valence-electron chi connectivity index (χ0n) is 19.3. The maximum absolute atomic E-state index is 12.7. The fourth-order valence-corrected chi connectivity index (χ4v) is 6.45. The van der Waals surface area contributed by atoms with Crippen molar-refractivity contribution in [2.75, 3.05) is 39.7 Å². The van der Waals surface area contributed by atoms with E-state index < -0.39 is 7.60 Å². The maximum atomic E-state index is 12.7. The second kappa shape index (κ2) is 9.70. The topological polar surface area (TPSA) is 79.1 Å².